The van der Waals surface area contributed by atoms with Crippen LogP contribution < -0.4 is 0 Å². The smallest absolute Gasteiger partial charge is 0.336 e. The lowest BCUT2D eigenvalue weighted by molar-refractivity contribution is 0.0684. The van der Waals surface area contributed by atoms with Crippen molar-refractivity contribution in [1.82, 2.24) is 0 Å². The predicted octanol–water partition coefficient (Wildman–Crippen LogP) is 12.4. The van der Waals surface area contributed by atoms with Gasteiger partial charge in [0, 0.05) is 0 Å². The molecular weight excluding hydrogens is 609 g/mol. The highest BCUT2D eigenvalue weighted by Gasteiger charge is 2.23. The average Bonchev–Trinajstić information content (AvgIpc) is 3.04. The minimum absolute atomic E-state index is 0.0566. The first-order valence-electron chi connectivity index (χ1n) is 18.7. The topological polar surface area (TPSA) is 115 Å². The van der Waals surface area contributed by atoms with E-state index in [1.165, 1.54) is 127 Å². The Hall–Kier alpha value is -2.67. The Bertz CT molecular complexity index is 1100. The van der Waals surface area contributed by atoms with E-state index >= 15 is 0 Å². The zero-order valence-electron chi connectivity index (χ0n) is 29.3. The number of hydrogen-bond acceptors (Lipinski definition) is 5. The van der Waals surface area contributed by atoms with E-state index in [2.05, 4.69) is 13.8 Å². The highest BCUT2D eigenvalue weighted by atomic mass is 32.2. The number of carboxylic acid groups (broad SMARTS) is 2. The molecule has 2 aromatic carbocycles. The van der Waals surface area contributed by atoms with Crippen molar-refractivity contribution in [2.75, 3.05) is 0 Å². The summed E-state index contributed by atoms with van der Waals surface area (Å²) in [6.07, 6.45) is 27.0. The van der Waals surface area contributed by atoms with Crippen LogP contribution in [0.15, 0.2) is 34.1 Å². The molecule has 7 heteroatoms. The molecule has 0 unspecified atom stereocenters. The van der Waals surface area contributed by atoms with Crippen LogP contribution in [0.5, 0.6) is 11.5 Å². The number of aromatic hydroxyl groups is 2. The molecule has 0 saturated carbocycles. The lowest BCUT2D eigenvalue weighted by atomic mass is 9.99. The molecule has 264 valence electrons. The van der Waals surface area contributed by atoms with Crippen molar-refractivity contribution in [1.29, 1.82) is 0 Å². The molecule has 2 rings (SSSR count). The fourth-order valence-corrected chi connectivity index (χ4v) is 7.61. The number of benzene rings is 2. The van der Waals surface area contributed by atoms with Gasteiger partial charge in [-0.2, -0.15) is 0 Å². The SMILES string of the molecule is CCCCCCCCCCCCCc1c(C(=O)O)ccc(O)c1Sc1c(O)ccc(C(=O)O)c1CCCCCCCCCCCCC. The molecule has 0 heterocycles. The summed E-state index contributed by atoms with van der Waals surface area (Å²) in [5.41, 5.74) is 1.36. The van der Waals surface area contributed by atoms with Crippen LogP contribution in [-0.4, -0.2) is 32.4 Å². The summed E-state index contributed by atoms with van der Waals surface area (Å²) in [4.78, 5) is 25.2. The maximum Gasteiger partial charge on any atom is 0.336 e. The van der Waals surface area contributed by atoms with E-state index in [9.17, 15) is 30.0 Å². The van der Waals surface area contributed by atoms with Gasteiger partial charge in [-0.3, -0.25) is 0 Å². The first-order chi connectivity index (χ1) is 22.8. The third-order valence-corrected chi connectivity index (χ3v) is 10.5. The standard InChI is InChI=1S/C40H62O6S/c1-3-5-7-9-11-13-15-17-19-21-23-25-31-33(39(43)44)27-29-35(41)37(31)47-38-32(34(40(45)46)28-30-36(38)42)26-24-22-20-18-16-14-12-10-8-6-4-2/h27-30,41-42H,3-26H2,1-2H3,(H,43,44)(H,45,46). The monoisotopic (exact) mass is 670 g/mol. The van der Waals surface area contributed by atoms with Gasteiger partial charge in [0.15, 0.2) is 0 Å². The van der Waals surface area contributed by atoms with Crippen molar-refractivity contribution in [2.24, 2.45) is 0 Å². The van der Waals surface area contributed by atoms with E-state index in [0.29, 0.717) is 33.8 Å². The molecule has 0 bridgehead atoms. The van der Waals surface area contributed by atoms with E-state index < -0.39 is 11.9 Å². The van der Waals surface area contributed by atoms with Crippen molar-refractivity contribution in [3.05, 3.63) is 46.5 Å². The number of phenolic OH excluding ortho intramolecular Hbond substituents is 2. The molecule has 0 aliphatic heterocycles. The van der Waals surface area contributed by atoms with Gasteiger partial charge in [0.1, 0.15) is 11.5 Å². The fraction of sp³-hybridized carbons (Fsp3) is 0.650. The largest absolute Gasteiger partial charge is 0.507 e. The molecule has 47 heavy (non-hydrogen) atoms. The summed E-state index contributed by atoms with van der Waals surface area (Å²) in [5.74, 6) is -2.23. The Morgan fingerprint density at radius 3 is 1.02 bits per heavy atom. The van der Waals surface area contributed by atoms with Crippen molar-refractivity contribution in [2.45, 2.75) is 178 Å². The summed E-state index contributed by atoms with van der Waals surface area (Å²) in [6.45, 7) is 4.46. The maximum absolute atomic E-state index is 12.2. The van der Waals surface area contributed by atoms with Gasteiger partial charge in [-0.1, -0.05) is 154 Å². The Kier molecular flexibility index (Phi) is 21.1. The molecule has 4 N–H and O–H groups in total. The second-order valence-corrected chi connectivity index (χ2v) is 14.2. The number of phenols is 2. The first-order valence-corrected chi connectivity index (χ1v) is 19.5. The van der Waals surface area contributed by atoms with Gasteiger partial charge in [-0.05, 0) is 61.1 Å². The van der Waals surface area contributed by atoms with E-state index in [0.717, 1.165) is 50.3 Å². The van der Waals surface area contributed by atoms with Gasteiger partial charge in [-0.25, -0.2) is 9.59 Å². The number of aromatic carboxylic acids is 2. The molecule has 0 spiro atoms. The number of hydrogen-bond donors (Lipinski definition) is 4. The summed E-state index contributed by atoms with van der Waals surface area (Å²) in [7, 11) is 0. The predicted molar refractivity (Wildman–Crippen MR) is 195 cm³/mol. The molecule has 0 amide bonds. The molecule has 0 aliphatic carbocycles. The zero-order valence-corrected chi connectivity index (χ0v) is 30.1. The molecule has 0 fully saturated rings. The molecule has 2 aromatic rings. The van der Waals surface area contributed by atoms with Crippen molar-refractivity contribution >= 4 is 23.7 Å². The Balaban J connectivity index is 2.06. The van der Waals surface area contributed by atoms with Gasteiger partial charge >= 0.3 is 11.9 Å². The van der Waals surface area contributed by atoms with Crippen molar-refractivity contribution < 1.29 is 30.0 Å². The summed E-state index contributed by atoms with van der Waals surface area (Å²) >= 11 is 1.10. The van der Waals surface area contributed by atoms with Crippen LogP contribution in [0.25, 0.3) is 0 Å². The molecule has 0 aliphatic rings. The molecule has 0 aromatic heterocycles. The third-order valence-electron chi connectivity index (χ3n) is 9.21. The van der Waals surface area contributed by atoms with Crippen LogP contribution in [0.3, 0.4) is 0 Å². The first kappa shape index (κ1) is 40.5. The summed E-state index contributed by atoms with van der Waals surface area (Å²) in [5, 5.41) is 41.9. The van der Waals surface area contributed by atoms with E-state index in [1.54, 1.807) is 0 Å². The Morgan fingerprint density at radius 2 is 0.745 bits per heavy atom. The van der Waals surface area contributed by atoms with Crippen LogP contribution in [-0.2, 0) is 12.8 Å². The van der Waals surface area contributed by atoms with Crippen molar-refractivity contribution in [3.8, 4) is 11.5 Å². The Morgan fingerprint density at radius 1 is 0.468 bits per heavy atom. The van der Waals surface area contributed by atoms with Gasteiger partial charge in [-0.15, -0.1) is 0 Å². The van der Waals surface area contributed by atoms with Crippen LogP contribution in [0.1, 0.15) is 187 Å². The minimum Gasteiger partial charge on any atom is -0.507 e. The summed E-state index contributed by atoms with van der Waals surface area (Å²) in [6, 6.07) is 5.65. The number of rotatable bonds is 28. The maximum atomic E-state index is 12.2. The minimum atomic E-state index is -1.06. The second-order valence-electron chi connectivity index (χ2n) is 13.2. The average molecular weight is 671 g/mol. The van der Waals surface area contributed by atoms with Gasteiger partial charge in [0.25, 0.3) is 0 Å². The normalized spacial score (nSPS) is 11.3. The number of unbranched alkanes of at least 4 members (excludes halogenated alkanes) is 20. The van der Waals surface area contributed by atoms with E-state index in [1.807, 2.05) is 0 Å². The van der Waals surface area contributed by atoms with Gasteiger partial charge < -0.3 is 20.4 Å². The van der Waals surface area contributed by atoms with Gasteiger partial charge in [0.05, 0.1) is 20.9 Å². The fourth-order valence-electron chi connectivity index (χ4n) is 6.39. The molecule has 0 saturated heterocycles. The van der Waals surface area contributed by atoms with E-state index in [4.69, 9.17) is 0 Å². The highest BCUT2D eigenvalue weighted by Crippen LogP contribution is 2.45. The molecular formula is C40H62O6S. The molecule has 0 radical (unpaired) electrons. The zero-order chi connectivity index (χ0) is 34.3. The lowest BCUT2D eigenvalue weighted by Gasteiger charge is -2.18. The van der Waals surface area contributed by atoms with Crippen LogP contribution in [0, 0.1) is 0 Å². The second kappa shape index (κ2) is 24.5. The van der Waals surface area contributed by atoms with Crippen LogP contribution in [0.4, 0.5) is 0 Å². The highest BCUT2D eigenvalue weighted by molar-refractivity contribution is 7.99. The lowest BCUT2D eigenvalue weighted by Crippen LogP contribution is -2.06. The van der Waals surface area contributed by atoms with Crippen LogP contribution >= 0.6 is 11.8 Å². The number of carboxylic acids is 2. The summed E-state index contributed by atoms with van der Waals surface area (Å²) < 4.78 is 0. The van der Waals surface area contributed by atoms with Gasteiger partial charge in [0.2, 0.25) is 0 Å². The Labute approximate surface area is 288 Å². The molecule has 6 nitrogen and oxygen atoms in total. The van der Waals surface area contributed by atoms with E-state index in [-0.39, 0.29) is 22.6 Å². The number of carbonyl (C=O) groups is 2. The quantitative estimate of drug-likeness (QED) is 0.0666. The molecule has 0 atom stereocenters. The van der Waals surface area contributed by atoms with Crippen molar-refractivity contribution in [3.63, 3.8) is 0 Å². The third kappa shape index (κ3) is 15.4. The van der Waals surface area contributed by atoms with Crippen LogP contribution in [0.2, 0.25) is 0 Å².